The molecule has 0 amide bonds. The maximum absolute atomic E-state index is 6.92. The summed E-state index contributed by atoms with van der Waals surface area (Å²) in [5.74, 6) is 0. The maximum atomic E-state index is 6.92. The molecule has 0 heterocycles. The van der Waals surface area contributed by atoms with Crippen LogP contribution in [0.4, 0.5) is 0 Å². The Hall–Kier alpha value is -0.880. The number of hydrogen-bond donors (Lipinski definition) is 0. The average Bonchev–Trinajstić information content (AvgIpc) is 2.58. The Labute approximate surface area is 144 Å². The molecule has 116 valence electrons. The molecule has 0 aromatic heterocycles. The van der Waals surface area contributed by atoms with Crippen molar-refractivity contribution in [2.75, 3.05) is 0 Å². The predicted octanol–water partition coefficient (Wildman–Crippen LogP) is 5.54. The van der Waals surface area contributed by atoms with Gasteiger partial charge in [-0.05, 0) is 0 Å². The van der Waals surface area contributed by atoms with E-state index in [1.165, 1.54) is 16.7 Å². The van der Waals surface area contributed by atoms with E-state index in [1.807, 2.05) is 0 Å². The molecule has 0 bridgehead atoms. The second-order valence-corrected chi connectivity index (χ2v) is 14.7. The Bertz CT molecular complexity index is 618. The Kier molecular flexibility index (Phi) is 5.18. The Morgan fingerprint density at radius 3 is 1.09 bits per heavy atom. The van der Waals surface area contributed by atoms with Crippen molar-refractivity contribution in [3.8, 4) is 0 Å². The van der Waals surface area contributed by atoms with Crippen molar-refractivity contribution in [3.63, 3.8) is 0 Å². The van der Waals surface area contributed by atoms with Crippen LogP contribution in [0.5, 0.6) is 0 Å². The molecule has 3 rings (SSSR count). The topological polar surface area (TPSA) is 0 Å². The second kappa shape index (κ2) is 7.13. The summed E-state index contributed by atoms with van der Waals surface area (Å²) < 4.78 is -0.245. The standard InChI is InChI=1S/C19H15.Au.ClH.H2P/c1-4-10-16(11-5-1)19(17-12-6-2-7-13-17)18-14-8-3-9-15-18;;;/h1-15H;;1H;1H2/q;+2;;-1/p-1. The Balaban J connectivity index is 2.34. The van der Waals surface area contributed by atoms with Gasteiger partial charge in [-0.2, -0.15) is 0 Å². The molecule has 1 unspecified atom stereocenters. The molecule has 0 saturated heterocycles. The molecule has 0 radical (unpaired) electrons. The van der Waals surface area contributed by atoms with E-state index >= 15 is 0 Å². The molecule has 0 aliphatic heterocycles. The third-order valence-corrected chi connectivity index (χ3v) is 10.6. The normalized spacial score (nSPS) is 12.0. The Morgan fingerprint density at radius 2 is 0.864 bits per heavy atom. The van der Waals surface area contributed by atoms with Crippen LogP contribution in [0.2, 0.25) is 0 Å². The summed E-state index contributed by atoms with van der Waals surface area (Å²) in [5.41, 5.74) is 3.79. The van der Waals surface area contributed by atoms with E-state index in [1.54, 1.807) is 0 Å². The number of benzene rings is 3. The zero-order valence-corrected chi connectivity index (χ0v) is 16.0. The molecule has 0 fully saturated rings. The van der Waals surface area contributed by atoms with Crippen LogP contribution in [-0.2, 0) is 20.5 Å². The van der Waals surface area contributed by atoms with E-state index < -0.39 is 16.8 Å². The Morgan fingerprint density at radius 1 is 0.591 bits per heavy atom. The summed E-state index contributed by atoms with van der Waals surface area (Å²) in [5, 5.41) is 0. The summed E-state index contributed by atoms with van der Waals surface area (Å²) >= 11 is -1.82. The zero-order valence-electron chi connectivity index (χ0n) is 11.9. The first-order chi connectivity index (χ1) is 10.8. The van der Waals surface area contributed by atoms with Crippen molar-refractivity contribution in [1.82, 2.24) is 0 Å². The molecule has 1 atom stereocenters. The predicted molar refractivity (Wildman–Crippen MR) is 94.8 cm³/mol. The molecule has 3 aromatic rings. The van der Waals surface area contributed by atoms with Crippen LogP contribution < -0.4 is 0 Å². The van der Waals surface area contributed by atoms with Crippen LogP contribution in [0.1, 0.15) is 16.7 Å². The van der Waals surface area contributed by atoms with Gasteiger partial charge in [0.2, 0.25) is 0 Å². The number of hydrogen-bond acceptors (Lipinski definition) is 0. The average molecular weight is 509 g/mol. The summed E-state index contributed by atoms with van der Waals surface area (Å²) in [7, 11) is 9.85. The van der Waals surface area contributed by atoms with Crippen LogP contribution in [0.3, 0.4) is 0 Å². The molecule has 3 heteroatoms. The van der Waals surface area contributed by atoms with Gasteiger partial charge in [-0.3, -0.25) is 0 Å². The minimum atomic E-state index is -1.82. The van der Waals surface area contributed by atoms with Crippen LogP contribution >= 0.6 is 16.3 Å². The van der Waals surface area contributed by atoms with E-state index in [0.717, 1.165) is 0 Å². The molecule has 0 spiro atoms. The van der Waals surface area contributed by atoms with Gasteiger partial charge < -0.3 is 0 Å². The quantitative estimate of drug-likeness (QED) is 0.247. The van der Waals surface area contributed by atoms with Crippen molar-refractivity contribution in [2.24, 2.45) is 0 Å². The van der Waals surface area contributed by atoms with Gasteiger partial charge in [-0.1, -0.05) is 0 Å². The summed E-state index contributed by atoms with van der Waals surface area (Å²) in [6, 6.07) is 31.9. The summed E-state index contributed by atoms with van der Waals surface area (Å²) in [4.78, 5) is 0. The van der Waals surface area contributed by atoms with E-state index in [4.69, 9.17) is 9.19 Å². The van der Waals surface area contributed by atoms with E-state index in [9.17, 15) is 0 Å². The van der Waals surface area contributed by atoms with Crippen LogP contribution in [0.25, 0.3) is 0 Å². The number of rotatable bonds is 4. The van der Waals surface area contributed by atoms with Gasteiger partial charge in [0.05, 0.1) is 0 Å². The molecular weight excluding hydrogens is 492 g/mol. The first-order valence-electron chi connectivity index (χ1n) is 6.92. The van der Waals surface area contributed by atoms with E-state index in [0.29, 0.717) is 0 Å². The van der Waals surface area contributed by atoms with Crippen LogP contribution in [0, 0.1) is 0 Å². The van der Waals surface area contributed by atoms with E-state index in [-0.39, 0.29) is 3.63 Å². The van der Waals surface area contributed by atoms with Crippen molar-refractivity contribution in [3.05, 3.63) is 108 Å². The molecule has 0 nitrogen and oxygen atoms in total. The van der Waals surface area contributed by atoms with Gasteiger partial charge in [0.15, 0.2) is 0 Å². The fourth-order valence-corrected chi connectivity index (χ4v) is 9.67. The van der Waals surface area contributed by atoms with Crippen molar-refractivity contribution < 1.29 is 16.8 Å². The number of halogens is 1. The fourth-order valence-electron chi connectivity index (χ4n) is 2.71. The van der Waals surface area contributed by atoms with Gasteiger partial charge in [-0.25, -0.2) is 0 Å². The molecular formula is C19H17AuClP. The zero-order chi connectivity index (χ0) is 15.4. The first kappa shape index (κ1) is 16.0. The third-order valence-electron chi connectivity index (χ3n) is 3.66. The van der Waals surface area contributed by atoms with Crippen molar-refractivity contribution in [1.29, 1.82) is 0 Å². The minimum absolute atomic E-state index is 0.245. The summed E-state index contributed by atoms with van der Waals surface area (Å²) in [6.07, 6.45) is 0. The molecule has 22 heavy (non-hydrogen) atoms. The van der Waals surface area contributed by atoms with Crippen LogP contribution in [0.15, 0.2) is 91.0 Å². The third kappa shape index (κ3) is 2.83. The van der Waals surface area contributed by atoms with Gasteiger partial charge in [0.1, 0.15) is 0 Å². The second-order valence-electron chi connectivity index (χ2n) is 4.91. The summed E-state index contributed by atoms with van der Waals surface area (Å²) in [6.45, 7) is 0. The SMILES string of the molecule is [PH2][Au]([Cl])[C](c1ccccc1)(c1ccccc1)c1ccccc1. The van der Waals surface area contributed by atoms with E-state index in [2.05, 4.69) is 98.1 Å². The van der Waals surface area contributed by atoms with Gasteiger partial charge >= 0.3 is 144 Å². The van der Waals surface area contributed by atoms with Crippen molar-refractivity contribution in [2.45, 2.75) is 3.63 Å². The molecule has 0 saturated carbocycles. The fraction of sp³-hybridized carbons (Fsp3) is 0.0526. The molecule has 0 N–H and O–H groups in total. The first-order valence-corrected chi connectivity index (χ1v) is 14.8. The molecule has 0 aliphatic carbocycles. The monoisotopic (exact) mass is 508 g/mol. The van der Waals surface area contributed by atoms with Gasteiger partial charge in [-0.15, -0.1) is 0 Å². The van der Waals surface area contributed by atoms with Crippen molar-refractivity contribution >= 4 is 16.3 Å². The van der Waals surface area contributed by atoms with Gasteiger partial charge in [0.25, 0.3) is 0 Å². The molecule has 0 aliphatic rings. The van der Waals surface area contributed by atoms with Crippen LogP contribution in [-0.4, -0.2) is 0 Å². The van der Waals surface area contributed by atoms with Gasteiger partial charge in [0, 0.05) is 0 Å². The molecule has 3 aromatic carbocycles.